The third-order valence-electron chi connectivity index (χ3n) is 2.71. The van der Waals surface area contributed by atoms with E-state index in [1.165, 1.54) is 11.3 Å². The molecule has 1 aromatic carbocycles. The Morgan fingerprint density at radius 3 is 2.55 bits per heavy atom. The molecule has 1 atom stereocenters. The number of hydrogen-bond donors (Lipinski definition) is 0. The molecule has 1 aromatic heterocycles. The van der Waals surface area contributed by atoms with Gasteiger partial charge in [0.2, 0.25) is 0 Å². The van der Waals surface area contributed by atoms with Gasteiger partial charge in [0, 0.05) is 21.3 Å². The van der Waals surface area contributed by atoms with Gasteiger partial charge in [0.25, 0.3) is 0 Å². The molecule has 0 amide bonds. The van der Waals surface area contributed by atoms with Crippen LogP contribution in [0.5, 0.6) is 11.5 Å². The Morgan fingerprint density at radius 1 is 1.20 bits per heavy atom. The number of ether oxygens (including phenoxy) is 2. The molecular weight excluding hydrogens is 339 g/mol. The quantitative estimate of drug-likeness (QED) is 0.635. The van der Waals surface area contributed by atoms with Crippen LogP contribution in [0.3, 0.4) is 0 Å². The molecule has 2 nitrogen and oxygen atoms in total. The second-order valence-electron chi connectivity index (χ2n) is 3.99. The standard InChI is InChI=1S/C14H13Cl3O2S/c1-3-19-12-6-10(15)9(5-11(12)16)14(17)13-4-8(18-2)7-20-13/h4-7,14H,3H2,1-2H3. The molecule has 0 aliphatic carbocycles. The summed E-state index contributed by atoms with van der Waals surface area (Å²) in [7, 11) is 1.62. The summed E-state index contributed by atoms with van der Waals surface area (Å²) in [5.41, 5.74) is 0.756. The predicted octanol–water partition coefficient (Wildman–Crippen LogP) is 5.79. The summed E-state index contributed by atoms with van der Waals surface area (Å²) in [6, 6.07) is 5.34. The summed E-state index contributed by atoms with van der Waals surface area (Å²) in [5.74, 6) is 1.35. The summed E-state index contributed by atoms with van der Waals surface area (Å²) >= 11 is 20.4. The monoisotopic (exact) mass is 350 g/mol. The molecule has 1 unspecified atom stereocenters. The van der Waals surface area contributed by atoms with Crippen molar-refractivity contribution in [3.8, 4) is 11.5 Å². The normalized spacial score (nSPS) is 12.2. The molecule has 0 spiro atoms. The highest BCUT2D eigenvalue weighted by atomic mass is 35.5. The first-order chi connectivity index (χ1) is 9.56. The molecule has 2 aromatic rings. The summed E-state index contributed by atoms with van der Waals surface area (Å²) in [6.07, 6.45) is 0. The topological polar surface area (TPSA) is 18.5 Å². The summed E-state index contributed by atoms with van der Waals surface area (Å²) in [5, 5.41) is 2.56. The number of halogens is 3. The maximum atomic E-state index is 6.48. The fourth-order valence-electron chi connectivity index (χ4n) is 1.73. The number of hydrogen-bond acceptors (Lipinski definition) is 3. The van der Waals surface area contributed by atoms with Gasteiger partial charge in [-0.25, -0.2) is 0 Å². The first-order valence-corrected chi connectivity index (χ1v) is 8.02. The van der Waals surface area contributed by atoms with Crippen molar-refractivity contribution in [1.82, 2.24) is 0 Å². The van der Waals surface area contributed by atoms with Crippen LogP contribution in [-0.4, -0.2) is 13.7 Å². The molecule has 108 valence electrons. The number of methoxy groups -OCH3 is 1. The Labute approximate surface area is 137 Å². The minimum atomic E-state index is -0.371. The highest BCUT2D eigenvalue weighted by Gasteiger charge is 2.19. The molecular formula is C14H13Cl3O2S. The molecule has 0 radical (unpaired) electrons. The van der Waals surface area contributed by atoms with Crippen molar-refractivity contribution in [3.05, 3.63) is 44.1 Å². The van der Waals surface area contributed by atoms with Crippen LogP contribution in [0.1, 0.15) is 22.7 Å². The number of benzene rings is 1. The van der Waals surface area contributed by atoms with Gasteiger partial charge in [-0.3, -0.25) is 0 Å². The van der Waals surface area contributed by atoms with E-state index in [4.69, 9.17) is 44.3 Å². The van der Waals surface area contributed by atoms with Gasteiger partial charge < -0.3 is 9.47 Å². The van der Waals surface area contributed by atoms with Gasteiger partial charge in [-0.05, 0) is 24.6 Å². The molecule has 0 bridgehead atoms. The smallest absolute Gasteiger partial charge is 0.139 e. The lowest BCUT2D eigenvalue weighted by Gasteiger charge is -2.13. The minimum absolute atomic E-state index is 0.371. The van der Waals surface area contributed by atoms with Crippen LogP contribution in [0.15, 0.2) is 23.6 Å². The fraction of sp³-hybridized carbons (Fsp3) is 0.286. The van der Waals surface area contributed by atoms with Gasteiger partial charge in [-0.15, -0.1) is 22.9 Å². The Balaban J connectivity index is 2.34. The molecule has 0 saturated heterocycles. The summed E-state index contributed by atoms with van der Waals surface area (Å²) in [4.78, 5) is 0.950. The molecule has 6 heteroatoms. The molecule has 2 rings (SSSR count). The van der Waals surface area contributed by atoms with Gasteiger partial charge in [0.1, 0.15) is 11.5 Å². The van der Waals surface area contributed by atoms with E-state index in [0.717, 1.165) is 16.2 Å². The highest BCUT2D eigenvalue weighted by Crippen LogP contribution is 2.41. The van der Waals surface area contributed by atoms with Crippen LogP contribution >= 0.6 is 46.1 Å². The van der Waals surface area contributed by atoms with E-state index < -0.39 is 0 Å². The molecule has 0 fully saturated rings. The first-order valence-electron chi connectivity index (χ1n) is 5.95. The lowest BCUT2D eigenvalue weighted by Crippen LogP contribution is -1.96. The average Bonchev–Trinajstić information content (AvgIpc) is 2.91. The van der Waals surface area contributed by atoms with Crippen molar-refractivity contribution in [3.63, 3.8) is 0 Å². The maximum absolute atomic E-state index is 6.48. The molecule has 0 N–H and O–H groups in total. The molecule has 0 aliphatic rings. The number of alkyl halides is 1. The molecule has 20 heavy (non-hydrogen) atoms. The van der Waals surface area contributed by atoms with Gasteiger partial charge in [0.05, 0.1) is 24.1 Å². The van der Waals surface area contributed by atoms with Gasteiger partial charge in [0.15, 0.2) is 0 Å². The van der Waals surface area contributed by atoms with E-state index in [1.54, 1.807) is 19.2 Å². The number of thiophene rings is 1. The van der Waals surface area contributed by atoms with E-state index in [2.05, 4.69) is 0 Å². The van der Waals surface area contributed by atoms with Crippen LogP contribution in [0.4, 0.5) is 0 Å². The van der Waals surface area contributed by atoms with Crippen LogP contribution in [-0.2, 0) is 0 Å². The Bertz CT molecular complexity index is 598. The largest absolute Gasteiger partial charge is 0.496 e. The SMILES string of the molecule is CCOc1cc(Cl)c(C(Cl)c2cc(OC)cs2)cc1Cl. The van der Waals surface area contributed by atoms with Crippen LogP contribution < -0.4 is 9.47 Å². The molecule has 0 saturated carbocycles. The molecule has 1 heterocycles. The Hall–Kier alpha value is -0.610. The zero-order chi connectivity index (χ0) is 14.7. The highest BCUT2D eigenvalue weighted by molar-refractivity contribution is 7.10. The van der Waals surface area contributed by atoms with E-state index in [-0.39, 0.29) is 5.38 Å². The first kappa shape index (κ1) is 15.8. The van der Waals surface area contributed by atoms with E-state index in [1.807, 2.05) is 18.4 Å². The van der Waals surface area contributed by atoms with Crippen LogP contribution in [0.2, 0.25) is 10.0 Å². The summed E-state index contributed by atoms with van der Waals surface area (Å²) in [6.45, 7) is 2.42. The second kappa shape index (κ2) is 6.90. The fourth-order valence-corrected chi connectivity index (χ4v) is 3.52. The lowest BCUT2D eigenvalue weighted by molar-refractivity contribution is 0.340. The van der Waals surface area contributed by atoms with Crippen molar-refractivity contribution < 1.29 is 9.47 Å². The molecule has 0 aliphatic heterocycles. The van der Waals surface area contributed by atoms with E-state index >= 15 is 0 Å². The maximum Gasteiger partial charge on any atom is 0.139 e. The van der Waals surface area contributed by atoms with Crippen molar-refractivity contribution >= 4 is 46.1 Å². The lowest BCUT2D eigenvalue weighted by atomic mass is 10.1. The number of rotatable bonds is 5. The van der Waals surface area contributed by atoms with Crippen LogP contribution in [0.25, 0.3) is 0 Å². The van der Waals surface area contributed by atoms with Gasteiger partial charge in [-0.1, -0.05) is 23.2 Å². The van der Waals surface area contributed by atoms with Crippen molar-refractivity contribution in [2.45, 2.75) is 12.3 Å². The van der Waals surface area contributed by atoms with Crippen LogP contribution in [0, 0.1) is 0 Å². The van der Waals surface area contributed by atoms with Gasteiger partial charge >= 0.3 is 0 Å². The third kappa shape index (κ3) is 3.34. The van der Waals surface area contributed by atoms with Crippen molar-refractivity contribution in [2.24, 2.45) is 0 Å². The summed E-state index contributed by atoms with van der Waals surface area (Å²) < 4.78 is 10.6. The van der Waals surface area contributed by atoms with E-state index in [9.17, 15) is 0 Å². The van der Waals surface area contributed by atoms with Crippen molar-refractivity contribution in [1.29, 1.82) is 0 Å². The van der Waals surface area contributed by atoms with E-state index in [0.29, 0.717) is 22.4 Å². The second-order valence-corrected chi connectivity index (χ2v) is 6.18. The van der Waals surface area contributed by atoms with Gasteiger partial charge in [-0.2, -0.15) is 0 Å². The predicted molar refractivity (Wildman–Crippen MR) is 86.2 cm³/mol. The zero-order valence-corrected chi connectivity index (χ0v) is 14.0. The van der Waals surface area contributed by atoms with Crippen molar-refractivity contribution in [2.75, 3.05) is 13.7 Å². The third-order valence-corrected chi connectivity index (χ3v) is 4.90. The Morgan fingerprint density at radius 2 is 1.95 bits per heavy atom. The Kier molecular flexibility index (Phi) is 5.44. The average molecular weight is 352 g/mol. The zero-order valence-electron chi connectivity index (χ0n) is 11.0. The minimum Gasteiger partial charge on any atom is -0.496 e.